The van der Waals surface area contributed by atoms with Crippen molar-refractivity contribution in [1.82, 2.24) is 20.1 Å². The molecule has 5 nitrogen and oxygen atoms in total. The van der Waals surface area contributed by atoms with E-state index in [4.69, 9.17) is 0 Å². The van der Waals surface area contributed by atoms with Gasteiger partial charge in [-0.1, -0.05) is 40.5 Å². The second-order valence-electron chi connectivity index (χ2n) is 9.26. The van der Waals surface area contributed by atoms with Crippen molar-refractivity contribution in [3.8, 4) is 11.4 Å². The summed E-state index contributed by atoms with van der Waals surface area (Å²) in [5, 5.41) is 8.51. The first-order chi connectivity index (χ1) is 15.5. The molecule has 3 aromatic rings. The van der Waals surface area contributed by atoms with E-state index in [1.807, 2.05) is 11.8 Å². The summed E-state index contributed by atoms with van der Waals surface area (Å²) >= 11 is 3.51. The fraction of sp³-hybridized carbons (Fsp3) is 0.423. The zero-order valence-corrected chi connectivity index (χ0v) is 20.3. The summed E-state index contributed by atoms with van der Waals surface area (Å²) in [5.74, 6) is 2.77. The van der Waals surface area contributed by atoms with Crippen LogP contribution in [-0.2, 0) is 0 Å². The molecular formula is C26H29BrN4O. The average molecular weight is 493 g/mol. The van der Waals surface area contributed by atoms with Gasteiger partial charge >= 0.3 is 0 Å². The lowest BCUT2D eigenvalue weighted by Gasteiger charge is -2.33. The SMILES string of the molecule is Cc1nnc(-c2cc(C(=O)N3CCC(c4ccc(Br)cc4)CC3)c(C)cc2C2CCC2)[nH]1. The van der Waals surface area contributed by atoms with Crippen LogP contribution in [0.5, 0.6) is 0 Å². The van der Waals surface area contributed by atoms with Gasteiger partial charge in [0.25, 0.3) is 5.91 Å². The topological polar surface area (TPSA) is 61.9 Å². The zero-order chi connectivity index (χ0) is 22.2. The average Bonchev–Trinajstić information content (AvgIpc) is 3.19. The van der Waals surface area contributed by atoms with E-state index in [0.29, 0.717) is 11.8 Å². The van der Waals surface area contributed by atoms with Crippen LogP contribution in [0, 0.1) is 13.8 Å². The summed E-state index contributed by atoms with van der Waals surface area (Å²) in [6.45, 7) is 5.56. The molecule has 1 N–H and O–H groups in total. The molecule has 1 amide bonds. The third-order valence-corrected chi connectivity index (χ3v) is 7.68. The molecule has 0 radical (unpaired) electrons. The Labute approximate surface area is 197 Å². The molecule has 2 aliphatic rings. The Morgan fingerprint density at radius 1 is 1.00 bits per heavy atom. The Kier molecular flexibility index (Phi) is 5.89. The smallest absolute Gasteiger partial charge is 0.254 e. The Bertz CT molecular complexity index is 1130. The number of aromatic nitrogens is 3. The predicted octanol–water partition coefficient (Wildman–Crippen LogP) is 6.14. The van der Waals surface area contributed by atoms with E-state index in [0.717, 1.165) is 58.7 Å². The van der Waals surface area contributed by atoms with E-state index < -0.39 is 0 Å². The van der Waals surface area contributed by atoms with Gasteiger partial charge in [-0.2, -0.15) is 0 Å². The monoisotopic (exact) mass is 492 g/mol. The number of rotatable bonds is 4. The number of nitrogens with zero attached hydrogens (tertiary/aromatic N) is 3. The summed E-state index contributed by atoms with van der Waals surface area (Å²) in [7, 11) is 0. The molecule has 1 aromatic heterocycles. The fourth-order valence-electron chi connectivity index (χ4n) is 5.01. The van der Waals surface area contributed by atoms with E-state index in [9.17, 15) is 4.79 Å². The van der Waals surface area contributed by atoms with Gasteiger partial charge in [-0.15, -0.1) is 10.2 Å². The first kappa shape index (κ1) is 21.4. The number of carbonyl (C=O) groups is 1. The van der Waals surface area contributed by atoms with Crippen molar-refractivity contribution in [1.29, 1.82) is 0 Å². The summed E-state index contributed by atoms with van der Waals surface area (Å²) in [4.78, 5) is 18.8. The number of nitrogens with one attached hydrogen (secondary N) is 1. The van der Waals surface area contributed by atoms with Gasteiger partial charge in [0.2, 0.25) is 0 Å². The summed E-state index contributed by atoms with van der Waals surface area (Å²) < 4.78 is 1.10. The van der Waals surface area contributed by atoms with Crippen LogP contribution in [0.3, 0.4) is 0 Å². The lowest BCUT2D eigenvalue weighted by atomic mass is 9.77. The number of piperidine rings is 1. The zero-order valence-electron chi connectivity index (χ0n) is 18.7. The Morgan fingerprint density at radius 2 is 1.72 bits per heavy atom. The van der Waals surface area contributed by atoms with Crippen LogP contribution in [0.1, 0.15) is 76.8 Å². The predicted molar refractivity (Wildman–Crippen MR) is 130 cm³/mol. The molecule has 0 bridgehead atoms. The molecule has 1 aliphatic heterocycles. The number of hydrogen-bond acceptors (Lipinski definition) is 3. The molecule has 166 valence electrons. The number of hydrogen-bond donors (Lipinski definition) is 1. The van der Waals surface area contributed by atoms with Crippen LogP contribution in [0.15, 0.2) is 40.9 Å². The molecule has 6 heteroatoms. The number of aromatic amines is 1. The number of likely N-dealkylation sites (tertiary alicyclic amines) is 1. The van der Waals surface area contributed by atoms with Gasteiger partial charge in [0, 0.05) is 28.7 Å². The number of halogens is 1. The highest BCUT2D eigenvalue weighted by molar-refractivity contribution is 9.10. The quantitative estimate of drug-likeness (QED) is 0.475. The second kappa shape index (κ2) is 8.81. The van der Waals surface area contributed by atoms with Crippen LogP contribution in [0.4, 0.5) is 0 Å². The maximum Gasteiger partial charge on any atom is 0.254 e. The standard InChI is InChI=1S/C26H29BrN4O/c1-16-14-23(20-4-3-5-20)24(25-28-17(2)29-30-25)15-22(16)26(32)31-12-10-19(11-13-31)18-6-8-21(27)9-7-18/h6-9,14-15,19-20H,3-5,10-13H2,1-2H3,(H,28,29,30). The molecule has 0 atom stereocenters. The summed E-state index contributed by atoms with van der Waals surface area (Å²) in [5.41, 5.74) is 5.56. The molecule has 2 aromatic carbocycles. The fourth-order valence-corrected chi connectivity index (χ4v) is 5.28. The number of benzene rings is 2. The van der Waals surface area contributed by atoms with Gasteiger partial charge in [-0.05, 0) is 86.3 Å². The highest BCUT2D eigenvalue weighted by Gasteiger charge is 2.29. The molecule has 2 heterocycles. The third-order valence-electron chi connectivity index (χ3n) is 7.15. The summed E-state index contributed by atoms with van der Waals surface area (Å²) in [6, 6.07) is 12.9. The molecule has 1 aliphatic carbocycles. The number of amides is 1. The van der Waals surface area contributed by atoms with E-state index in [2.05, 4.69) is 74.4 Å². The van der Waals surface area contributed by atoms with Crippen molar-refractivity contribution in [3.05, 3.63) is 68.9 Å². The number of carbonyl (C=O) groups excluding carboxylic acids is 1. The highest BCUT2D eigenvalue weighted by Crippen LogP contribution is 2.42. The third kappa shape index (κ3) is 4.13. The van der Waals surface area contributed by atoms with Crippen molar-refractivity contribution >= 4 is 21.8 Å². The lowest BCUT2D eigenvalue weighted by molar-refractivity contribution is 0.0712. The minimum atomic E-state index is 0.134. The molecule has 1 saturated heterocycles. The summed E-state index contributed by atoms with van der Waals surface area (Å²) in [6.07, 6.45) is 5.68. The van der Waals surface area contributed by atoms with Gasteiger partial charge in [-0.25, -0.2) is 0 Å². The van der Waals surface area contributed by atoms with Crippen LogP contribution in [0.25, 0.3) is 11.4 Å². The number of H-pyrrole nitrogens is 1. The molecule has 0 spiro atoms. The van der Waals surface area contributed by atoms with Crippen LogP contribution < -0.4 is 0 Å². The van der Waals surface area contributed by atoms with Crippen LogP contribution in [-0.4, -0.2) is 39.1 Å². The van der Waals surface area contributed by atoms with Gasteiger partial charge in [0.05, 0.1) is 0 Å². The lowest BCUT2D eigenvalue weighted by Crippen LogP contribution is -2.38. The first-order valence-corrected chi connectivity index (χ1v) is 12.4. The van der Waals surface area contributed by atoms with Crippen molar-refractivity contribution in [2.24, 2.45) is 0 Å². The maximum absolute atomic E-state index is 13.5. The van der Waals surface area contributed by atoms with E-state index >= 15 is 0 Å². The van der Waals surface area contributed by atoms with E-state index in [-0.39, 0.29) is 5.91 Å². The van der Waals surface area contributed by atoms with Crippen molar-refractivity contribution in [2.75, 3.05) is 13.1 Å². The Balaban J connectivity index is 1.38. The first-order valence-electron chi connectivity index (χ1n) is 11.6. The van der Waals surface area contributed by atoms with E-state index in [1.54, 1.807) is 0 Å². The molecule has 1 saturated carbocycles. The van der Waals surface area contributed by atoms with Gasteiger partial charge in [-0.3, -0.25) is 4.79 Å². The molecule has 5 rings (SSSR count). The van der Waals surface area contributed by atoms with Gasteiger partial charge in [0.15, 0.2) is 5.82 Å². The molecule has 32 heavy (non-hydrogen) atoms. The van der Waals surface area contributed by atoms with Gasteiger partial charge in [0.1, 0.15) is 5.82 Å². The Morgan fingerprint density at radius 3 is 2.31 bits per heavy atom. The van der Waals surface area contributed by atoms with Crippen molar-refractivity contribution < 1.29 is 4.79 Å². The molecular weight excluding hydrogens is 464 g/mol. The van der Waals surface area contributed by atoms with Crippen molar-refractivity contribution in [3.63, 3.8) is 0 Å². The second-order valence-corrected chi connectivity index (χ2v) is 10.2. The minimum absolute atomic E-state index is 0.134. The maximum atomic E-state index is 13.5. The number of aryl methyl sites for hydroxylation is 2. The van der Waals surface area contributed by atoms with E-state index in [1.165, 1.54) is 30.4 Å². The largest absolute Gasteiger partial charge is 0.339 e. The molecule has 0 unspecified atom stereocenters. The van der Waals surface area contributed by atoms with Crippen molar-refractivity contribution in [2.45, 2.75) is 57.8 Å². The highest BCUT2D eigenvalue weighted by atomic mass is 79.9. The van der Waals surface area contributed by atoms with Crippen LogP contribution in [0.2, 0.25) is 0 Å². The minimum Gasteiger partial charge on any atom is -0.339 e. The van der Waals surface area contributed by atoms with Crippen LogP contribution >= 0.6 is 15.9 Å². The molecule has 2 fully saturated rings. The Hall–Kier alpha value is -2.47. The normalized spacial score (nSPS) is 17.4. The van der Waals surface area contributed by atoms with Gasteiger partial charge < -0.3 is 9.88 Å².